The van der Waals surface area contributed by atoms with E-state index in [0.29, 0.717) is 39.0 Å². The van der Waals surface area contributed by atoms with Gasteiger partial charge in [-0.15, -0.1) is 0 Å². The summed E-state index contributed by atoms with van der Waals surface area (Å²) < 4.78 is 5.37. The standard InChI is InChI=1S/C23H30N2O3/c1-4-24(18-20-10-6-5-7-11-20)23(27)15-17-25(19(2)26)16-14-21-12-8-9-13-22(21)28-3/h5-13H,4,14-18H2,1-3H3. The average molecular weight is 383 g/mol. The summed E-state index contributed by atoms with van der Waals surface area (Å²) in [6.07, 6.45) is 1.02. The maximum Gasteiger partial charge on any atom is 0.224 e. The molecule has 2 aromatic carbocycles. The van der Waals surface area contributed by atoms with Crippen LogP contribution in [0.3, 0.4) is 0 Å². The fourth-order valence-electron chi connectivity index (χ4n) is 3.16. The minimum absolute atomic E-state index is 0.0196. The van der Waals surface area contributed by atoms with E-state index in [4.69, 9.17) is 4.74 Å². The summed E-state index contributed by atoms with van der Waals surface area (Å²) in [7, 11) is 1.65. The minimum atomic E-state index is -0.0196. The molecule has 0 aliphatic heterocycles. The minimum Gasteiger partial charge on any atom is -0.496 e. The molecule has 150 valence electrons. The summed E-state index contributed by atoms with van der Waals surface area (Å²) in [6, 6.07) is 17.8. The molecule has 0 heterocycles. The maximum absolute atomic E-state index is 12.6. The molecule has 0 radical (unpaired) electrons. The van der Waals surface area contributed by atoms with Crippen LogP contribution >= 0.6 is 0 Å². The summed E-state index contributed by atoms with van der Waals surface area (Å²) in [5, 5.41) is 0. The van der Waals surface area contributed by atoms with E-state index >= 15 is 0 Å². The summed E-state index contributed by atoms with van der Waals surface area (Å²) >= 11 is 0. The Morgan fingerprint density at radius 1 is 0.929 bits per heavy atom. The van der Waals surface area contributed by atoms with E-state index < -0.39 is 0 Å². The first-order valence-corrected chi connectivity index (χ1v) is 9.74. The number of para-hydroxylation sites is 1. The largest absolute Gasteiger partial charge is 0.496 e. The van der Waals surface area contributed by atoms with Crippen LogP contribution < -0.4 is 4.74 Å². The lowest BCUT2D eigenvalue weighted by atomic mass is 10.1. The van der Waals surface area contributed by atoms with Gasteiger partial charge in [-0.1, -0.05) is 48.5 Å². The van der Waals surface area contributed by atoms with Crippen molar-refractivity contribution in [2.75, 3.05) is 26.7 Å². The first-order valence-electron chi connectivity index (χ1n) is 9.74. The highest BCUT2D eigenvalue weighted by atomic mass is 16.5. The summed E-state index contributed by atoms with van der Waals surface area (Å²) in [5.41, 5.74) is 2.17. The van der Waals surface area contributed by atoms with Crippen LogP contribution in [0.1, 0.15) is 31.4 Å². The Balaban J connectivity index is 1.90. The number of hydrogen-bond donors (Lipinski definition) is 0. The van der Waals surface area contributed by atoms with Gasteiger partial charge < -0.3 is 14.5 Å². The maximum atomic E-state index is 12.6. The molecule has 2 aromatic rings. The lowest BCUT2D eigenvalue weighted by Crippen LogP contribution is -2.37. The van der Waals surface area contributed by atoms with Crippen LogP contribution in [0, 0.1) is 0 Å². The van der Waals surface area contributed by atoms with Crippen molar-refractivity contribution >= 4 is 11.8 Å². The van der Waals surface area contributed by atoms with Gasteiger partial charge in [0, 0.05) is 39.5 Å². The molecule has 28 heavy (non-hydrogen) atoms. The number of amides is 2. The predicted octanol–water partition coefficient (Wildman–Crippen LogP) is 3.53. The second-order valence-corrected chi connectivity index (χ2v) is 6.71. The second-order valence-electron chi connectivity index (χ2n) is 6.71. The Kier molecular flexibility index (Phi) is 8.53. The van der Waals surface area contributed by atoms with Gasteiger partial charge in [0.15, 0.2) is 0 Å². The number of methoxy groups -OCH3 is 1. The highest BCUT2D eigenvalue weighted by Crippen LogP contribution is 2.18. The molecule has 0 saturated heterocycles. The van der Waals surface area contributed by atoms with Gasteiger partial charge in [-0.2, -0.15) is 0 Å². The van der Waals surface area contributed by atoms with Crippen molar-refractivity contribution in [1.29, 1.82) is 0 Å². The van der Waals surface area contributed by atoms with Gasteiger partial charge in [0.2, 0.25) is 11.8 Å². The van der Waals surface area contributed by atoms with Gasteiger partial charge in [-0.25, -0.2) is 0 Å². The van der Waals surface area contributed by atoms with Gasteiger partial charge in [0.25, 0.3) is 0 Å². The van der Waals surface area contributed by atoms with Crippen LogP contribution in [-0.4, -0.2) is 48.4 Å². The first-order chi connectivity index (χ1) is 13.5. The smallest absolute Gasteiger partial charge is 0.224 e. The Morgan fingerprint density at radius 3 is 2.25 bits per heavy atom. The molecule has 5 heteroatoms. The average Bonchev–Trinajstić information content (AvgIpc) is 2.72. The third-order valence-electron chi connectivity index (χ3n) is 4.84. The van der Waals surface area contributed by atoms with Crippen molar-refractivity contribution in [3.05, 3.63) is 65.7 Å². The lowest BCUT2D eigenvalue weighted by molar-refractivity contribution is -0.133. The summed E-state index contributed by atoms with van der Waals surface area (Å²) in [5.74, 6) is 0.866. The van der Waals surface area contributed by atoms with Crippen molar-refractivity contribution in [2.24, 2.45) is 0 Å². The molecule has 0 unspecified atom stereocenters. The number of hydrogen-bond acceptors (Lipinski definition) is 3. The Hall–Kier alpha value is -2.82. The van der Waals surface area contributed by atoms with Crippen LogP contribution in [0.15, 0.2) is 54.6 Å². The zero-order valence-corrected chi connectivity index (χ0v) is 17.1. The number of ether oxygens (including phenoxy) is 1. The molecule has 0 aromatic heterocycles. The normalized spacial score (nSPS) is 10.4. The zero-order valence-electron chi connectivity index (χ0n) is 17.1. The molecular weight excluding hydrogens is 352 g/mol. The summed E-state index contributed by atoms with van der Waals surface area (Å²) in [6.45, 7) is 5.76. The molecular formula is C23H30N2O3. The van der Waals surface area contributed by atoms with E-state index in [2.05, 4.69) is 0 Å². The van der Waals surface area contributed by atoms with E-state index in [1.165, 1.54) is 0 Å². The Bertz CT molecular complexity index is 761. The molecule has 0 spiro atoms. The lowest BCUT2D eigenvalue weighted by Gasteiger charge is -2.25. The zero-order chi connectivity index (χ0) is 20.4. The fourth-order valence-corrected chi connectivity index (χ4v) is 3.16. The van der Waals surface area contributed by atoms with Crippen molar-refractivity contribution < 1.29 is 14.3 Å². The van der Waals surface area contributed by atoms with Crippen LogP contribution in [0.2, 0.25) is 0 Å². The number of carbonyl (C=O) groups excluding carboxylic acids is 2. The molecule has 0 aliphatic carbocycles. The van der Waals surface area contributed by atoms with Crippen LogP contribution in [0.4, 0.5) is 0 Å². The van der Waals surface area contributed by atoms with Gasteiger partial charge in [0.1, 0.15) is 5.75 Å². The van der Waals surface area contributed by atoms with Gasteiger partial charge in [-0.3, -0.25) is 9.59 Å². The van der Waals surface area contributed by atoms with Crippen LogP contribution in [0.25, 0.3) is 0 Å². The SMILES string of the molecule is CCN(Cc1ccccc1)C(=O)CCN(CCc1ccccc1OC)C(C)=O. The van der Waals surface area contributed by atoms with Gasteiger partial charge >= 0.3 is 0 Å². The third-order valence-corrected chi connectivity index (χ3v) is 4.84. The van der Waals surface area contributed by atoms with E-state index in [0.717, 1.165) is 16.9 Å². The van der Waals surface area contributed by atoms with Crippen molar-refractivity contribution in [2.45, 2.75) is 33.2 Å². The van der Waals surface area contributed by atoms with Gasteiger partial charge in [-0.05, 0) is 30.5 Å². The molecule has 0 aliphatic rings. The van der Waals surface area contributed by atoms with Crippen molar-refractivity contribution in [1.82, 2.24) is 9.80 Å². The molecule has 0 bridgehead atoms. The highest BCUT2D eigenvalue weighted by Gasteiger charge is 2.16. The molecule has 0 fully saturated rings. The molecule has 0 atom stereocenters. The molecule has 0 saturated carbocycles. The van der Waals surface area contributed by atoms with Crippen molar-refractivity contribution in [3.63, 3.8) is 0 Å². The third kappa shape index (κ3) is 6.41. The number of rotatable bonds is 10. The molecule has 0 N–H and O–H groups in total. The van der Waals surface area contributed by atoms with Gasteiger partial charge in [0.05, 0.1) is 7.11 Å². The van der Waals surface area contributed by atoms with E-state index in [-0.39, 0.29) is 11.8 Å². The number of benzene rings is 2. The van der Waals surface area contributed by atoms with E-state index in [9.17, 15) is 9.59 Å². The predicted molar refractivity (Wildman–Crippen MR) is 111 cm³/mol. The molecule has 2 amide bonds. The number of nitrogens with zero attached hydrogens (tertiary/aromatic N) is 2. The Labute approximate surface area is 167 Å². The number of carbonyl (C=O) groups is 2. The van der Waals surface area contributed by atoms with E-state index in [1.807, 2.05) is 66.4 Å². The monoisotopic (exact) mass is 382 g/mol. The van der Waals surface area contributed by atoms with Crippen LogP contribution in [-0.2, 0) is 22.6 Å². The fraction of sp³-hybridized carbons (Fsp3) is 0.391. The van der Waals surface area contributed by atoms with E-state index in [1.54, 1.807) is 18.9 Å². The van der Waals surface area contributed by atoms with Crippen LogP contribution in [0.5, 0.6) is 5.75 Å². The molecule has 2 rings (SSSR count). The summed E-state index contributed by atoms with van der Waals surface area (Å²) in [4.78, 5) is 28.2. The topological polar surface area (TPSA) is 49.9 Å². The Morgan fingerprint density at radius 2 is 1.61 bits per heavy atom. The highest BCUT2D eigenvalue weighted by molar-refractivity contribution is 5.78. The molecule has 5 nitrogen and oxygen atoms in total. The quantitative estimate of drug-likeness (QED) is 0.632. The van der Waals surface area contributed by atoms with Crippen molar-refractivity contribution in [3.8, 4) is 5.75 Å². The first kappa shape index (κ1) is 21.5. The second kappa shape index (κ2) is 11.1.